The number of thioether (sulfide) groups is 1. The van der Waals surface area contributed by atoms with E-state index in [1.54, 1.807) is 6.07 Å². The van der Waals surface area contributed by atoms with Crippen molar-refractivity contribution in [2.75, 3.05) is 23.7 Å². The van der Waals surface area contributed by atoms with Crippen LogP contribution in [-0.4, -0.2) is 23.6 Å². The lowest BCUT2D eigenvalue weighted by Gasteiger charge is -2.26. The molecule has 2 rings (SSSR count). The van der Waals surface area contributed by atoms with Crippen LogP contribution >= 0.6 is 27.7 Å². The molecule has 0 N–H and O–H groups in total. The minimum atomic E-state index is -0.111. The molecule has 1 aliphatic rings. The first kappa shape index (κ1) is 14.2. The number of halogens is 2. The summed E-state index contributed by atoms with van der Waals surface area (Å²) in [7, 11) is 0. The number of anilines is 1. The van der Waals surface area contributed by atoms with Crippen molar-refractivity contribution in [3.05, 3.63) is 29.6 Å². The fraction of sp³-hybridized carbons (Fsp3) is 0.571. The van der Waals surface area contributed by atoms with E-state index in [0.717, 1.165) is 36.5 Å². The lowest BCUT2D eigenvalue weighted by molar-refractivity contribution is 0.611. The first-order valence-corrected chi connectivity index (χ1v) is 8.36. The van der Waals surface area contributed by atoms with Gasteiger partial charge in [-0.1, -0.05) is 35.8 Å². The first-order valence-electron chi connectivity index (χ1n) is 6.26. The van der Waals surface area contributed by atoms with Crippen LogP contribution in [0.5, 0.6) is 0 Å². The first-order chi connectivity index (χ1) is 8.53. The highest BCUT2D eigenvalue weighted by Crippen LogP contribution is 2.34. The Labute approximate surface area is 121 Å². The molecule has 1 fully saturated rings. The molecule has 0 unspecified atom stereocenters. The van der Waals surface area contributed by atoms with Crippen molar-refractivity contribution in [3.8, 4) is 0 Å². The van der Waals surface area contributed by atoms with Crippen molar-refractivity contribution in [3.63, 3.8) is 0 Å². The van der Waals surface area contributed by atoms with E-state index in [2.05, 4.69) is 34.7 Å². The van der Waals surface area contributed by atoms with Crippen LogP contribution in [0.3, 0.4) is 0 Å². The summed E-state index contributed by atoms with van der Waals surface area (Å²) in [5.74, 6) is 0.992. The molecule has 0 aromatic heterocycles. The quantitative estimate of drug-likeness (QED) is 0.737. The Morgan fingerprint density at radius 3 is 2.89 bits per heavy atom. The largest absolute Gasteiger partial charge is 0.370 e. The van der Waals surface area contributed by atoms with E-state index in [0.29, 0.717) is 10.1 Å². The summed E-state index contributed by atoms with van der Waals surface area (Å²) in [6, 6.07) is 5.37. The second-order valence-electron chi connectivity index (χ2n) is 5.22. The SMILES string of the molecule is CC1(C)CCN(c2cccc(F)c2CBr)CCS1. The zero-order chi connectivity index (χ0) is 13.2. The number of nitrogens with zero attached hydrogens (tertiary/aromatic N) is 1. The minimum absolute atomic E-state index is 0.111. The lowest BCUT2D eigenvalue weighted by Crippen LogP contribution is -2.28. The van der Waals surface area contributed by atoms with E-state index in [-0.39, 0.29) is 5.82 Å². The third-order valence-corrected chi connectivity index (χ3v) is 5.34. The van der Waals surface area contributed by atoms with Crippen LogP contribution in [-0.2, 0) is 5.33 Å². The Kier molecular flexibility index (Phi) is 4.59. The lowest BCUT2D eigenvalue weighted by atomic mass is 10.1. The van der Waals surface area contributed by atoms with Crippen LogP contribution in [0.25, 0.3) is 0 Å². The topological polar surface area (TPSA) is 3.24 Å². The van der Waals surface area contributed by atoms with Gasteiger partial charge in [0.05, 0.1) is 0 Å². The van der Waals surface area contributed by atoms with Gasteiger partial charge in [0.25, 0.3) is 0 Å². The van der Waals surface area contributed by atoms with Gasteiger partial charge in [-0.3, -0.25) is 0 Å². The average molecular weight is 332 g/mol. The summed E-state index contributed by atoms with van der Waals surface area (Å²) < 4.78 is 14.1. The molecular formula is C14H19BrFNS. The predicted octanol–water partition coefficient (Wildman–Crippen LogP) is 4.44. The van der Waals surface area contributed by atoms with Crippen molar-refractivity contribution >= 4 is 33.4 Å². The molecule has 0 bridgehead atoms. The van der Waals surface area contributed by atoms with Crippen molar-refractivity contribution in [1.29, 1.82) is 0 Å². The Hall–Kier alpha value is -0.220. The smallest absolute Gasteiger partial charge is 0.129 e. The van der Waals surface area contributed by atoms with Crippen molar-refractivity contribution in [2.45, 2.75) is 30.3 Å². The Balaban J connectivity index is 2.24. The molecule has 0 radical (unpaired) electrons. The third kappa shape index (κ3) is 3.21. The molecule has 1 aromatic rings. The van der Waals surface area contributed by atoms with Crippen LogP contribution in [0.1, 0.15) is 25.8 Å². The van der Waals surface area contributed by atoms with Gasteiger partial charge in [-0.15, -0.1) is 0 Å². The molecule has 1 nitrogen and oxygen atoms in total. The summed E-state index contributed by atoms with van der Waals surface area (Å²) in [5.41, 5.74) is 1.83. The Morgan fingerprint density at radius 2 is 2.17 bits per heavy atom. The van der Waals surface area contributed by atoms with E-state index in [4.69, 9.17) is 0 Å². The zero-order valence-electron chi connectivity index (χ0n) is 10.9. The Morgan fingerprint density at radius 1 is 1.39 bits per heavy atom. The number of hydrogen-bond donors (Lipinski definition) is 0. The molecule has 1 aromatic carbocycles. The number of alkyl halides is 1. The van der Waals surface area contributed by atoms with Crippen LogP contribution in [0.4, 0.5) is 10.1 Å². The maximum atomic E-state index is 13.8. The monoisotopic (exact) mass is 331 g/mol. The molecule has 1 aliphatic heterocycles. The van der Waals surface area contributed by atoms with Crippen LogP contribution < -0.4 is 4.90 Å². The van der Waals surface area contributed by atoms with E-state index in [1.165, 1.54) is 6.07 Å². The zero-order valence-corrected chi connectivity index (χ0v) is 13.3. The molecular weight excluding hydrogens is 313 g/mol. The third-order valence-electron chi connectivity index (χ3n) is 3.41. The maximum Gasteiger partial charge on any atom is 0.129 e. The minimum Gasteiger partial charge on any atom is -0.370 e. The molecule has 0 aliphatic carbocycles. The second-order valence-corrected chi connectivity index (χ2v) is 7.58. The summed E-state index contributed by atoms with van der Waals surface area (Å²) in [5, 5.41) is 0.571. The number of rotatable bonds is 2. The van der Waals surface area contributed by atoms with Gasteiger partial charge in [0.1, 0.15) is 5.82 Å². The van der Waals surface area contributed by atoms with Gasteiger partial charge in [0.15, 0.2) is 0 Å². The van der Waals surface area contributed by atoms with Gasteiger partial charge in [0.2, 0.25) is 0 Å². The van der Waals surface area contributed by atoms with Crippen LogP contribution in [0.2, 0.25) is 0 Å². The summed E-state index contributed by atoms with van der Waals surface area (Å²) in [4.78, 5) is 2.32. The summed E-state index contributed by atoms with van der Waals surface area (Å²) >= 11 is 5.41. The van der Waals surface area contributed by atoms with Gasteiger partial charge in [0, 0.05) is 40.2 Å². The molecule has 0 atom stereocenters. The highest BCUT2D eigenvalue weighted by Gasteiger charge is 2.25. The highest BCUT2D eigenvalue weighted by molar-refractivity contribution is 9.08. The van der Waals surface area contributed by atoms with E-state index >= 15 is 0 Å². The second kappa shape index (κ2) is 5.83. The predicted molar refractivity (Wildman–Crippen MR) is 82.4 cm³/mol. The van der Waals surface area contributed by atoms with E-state index < -0.39 is 0 Å². The normalized spacial score (nSPS) is 19.7. The van der Waals surface area contributed by atoms with Gasteiger partial charge >= 0.3 is 0 Å². The Bertz CT molecular complexity index is 422. The van der Waals surface area contributed by atoms with E-state index in [1.807, 2.05) is 17.8 Å². The molecule has 4 heteroatoms. The molecule has 0 amide bonds. The maximum absolute atomic E-state index is 13.8. The van der Waals surface area contributed by atoms with Gasteiger partial charge < -0.3 is 4.90 Å². The molecule has 100 valence electrons. The van der Waals surface area contributed by atoms with E-state index in [9.17, 15) is 4.39 Å². The van der Waals surface area contributed by atoms with Gasteiger partial charge in [-0.25, -0.2) is 4.39 Å². The molecule has 0 spiro atoms. The van der Waals surface area contributed by atoms with Gasteiger partial charge in [-0.2, -0.15) is 11.8 Å². The van der Waals surface area contributed by atoms with Crippen molar-refractivity contribution in [2.24, 2.45) is 0 Å². The summed E-state index contributed by atoms with van der Waals surface area (Å²) in [6.07, 6.45) is 1.13. The standard InChI is InChI=1S/C14H19BrFNS/c1-14(2)6-7-17(8-9-18-14)13-5-3-4-12(16)11(13)10-15/h3-5H,6-10H2,1-2H3. The fourth-order valence-electron chi connectivity index (χ4n) is 2.24. The van der Waals surface area contributed by atoms with Gasteiger partial charge in [-0.05, 0) is 18.6 Å². The van der Waals surface area contributed by atoms with Crippen molar-refractivity contribution in [1.82, 2.24) is 0 Å². The van der Waals surface area contributed by atoms with Crippen LogP contribution in [0, 0.1) is 5.82 Å². The summed E-state index contributed by atoms with van der Waals surface area (Å²) in [6.45, 7) is 6.58. The van der Waals surface area contributed by atoms with Crippen LogP contribution in [0.15, 0.2) is 18.2 Å². The van der Waals surface area contributed by atoms with Crippen molar-refractivity contribution < 1.29 is 4.39 Å². The molecule has 1 saturated heterocycles. The average Bonchev–Trinajstić information content (AvgIpc) is 2.50. The highest BCUT2D eigenvalue weighted by atomic mass is 79.9. The fourth-order valence-corrected chi connectivity index (χ4v) is 3.89. The number of benzene rings is 1. The molecule has 1 heterocycles. The molecule has 18 heavy (non-hydrogen) atoms. The number of hydrogen-bond acceptors (Lipinski definition) is 2. The molecule has 0 saturated carbocycles.